The number of ether oxygens (including phenoxy) is 1. The number of rotatable bonds is 2. The number of nitrogen functional groups attached to an aromatic ring is 1. The number of aromatic hydroxyl groups is 1. The number of hydrogen-bond acceptors (Lipinski definition) is 5. The van der Waals surface area contributed by atoms with Crippen molar-refractivity contribution in [2.75, 3.05) is 18.9 Å². The van der Waals surface area contributed by atoms with Gasteiger partial charge in [-0.05, 0) is 31.9 Å². The van der Waals surface area contributed by atoms with Gasteiger partial charge in [-0.2, -0.15) is 0 Å². The van der Waals surface area contributed by atoms with Gasteiger partial charge in [0.2, 0.25) is 0 Å². The molecule has 114 valence electrons. The van der Waals surface area contributed by atoms with Crippen LogP contribution < -0.4 is 5.73 Å². The van der Waals surface area contributed by atoms with Crippen molar-refractivity contribution in [3.05, 3.63) is 17.2 Å². The van der Waals surface area contributed by atoms with Gasteiger partial charge in [0.05, 0.1) is 15.5 Å². The Bertz CT molecular complexity index is 598. The summed E-state index contributed by atoms with van der Waals surface area (Å²) in [4.78, 5) is -0.279. The van der Waals surface area contributed by atoms with E-state index in [4.69, 9.17) is 22.1 Å². The Hall–Kier alpha value is -0.690. The van der Waals surface area contributed by atoms with Crippen LogP contribution in [0.15, 0.2) is 17.0 Å². The molecule has 0 spiro atoms. The van der Waals surface area contributed by atoms with Gasteiger partial charge in [0.15, 0.2) is 15.6 Å². The van der Waals surface area contributed by atoms with E-state index in [2.05, 4.69) is 0 Å². The third-order valence-electron chi connectivity index (χ3n) is 3.58. The maximum Gasteiger partial charge on any atom is 0.189 e. The molecular weight excluding hydrogens is 325 g/mol. The number of nitrogens with two attached hydrogens (primary N) is 1. The second kappa shape index (κ2) is 5.97. The Kier molecular flexibility index (Phi) is 5.18. The zero-order valence-corrected chi connectivity index (χ0v) is 13.3. The molecule has 0 saturated carbocycles. The fourth-order valence-corrected chi connectivity index (χ4v) is 4.49. The molecule has 1 aromatic carbocycles. The number of sulfone groups is 1. The lowest BCUT2D eigenvalue weighted by molar-refractivity contribution is 0.0788. The summed E-state index contributed by atoms with van der Waals surface area (Å²) in [5, 5.41) is 9.92. The van der Waals surface area contributed by atoms with Crippen molar-refractivity contribution in [3.8, 4) is 5.75 Å². The van der Waals surface area contributed by atoms with Crippen LogP contribution in [-0.4, -0.2) is 31.5 Å². The first-order valence-corrected chi connectivity index (χ1v) is 7.75. The molecular formula is C12H17Cl2NO4S. The van der Waals surface area contributed by atoms with E-state index in [1.807, 2.05) is 0 Å². The summed E-state index contributed by atoms with van der Waals surface area (Å²) < 4.78 is 29.7. The quantitative estimate of drug-likeness (QED) is 0.636. The Morgan fingerprint density at radius 1 is 1.35 bits per heavy atom. The van der Waals surface area contributed by atoms with Gasteiger partial charge in [0.25, 0.3) is 0 Å². The fourth-order valence-electron chi connectivity index (χ4n) is 2.14. The summed E-state index contributed by atoms with van der Waals surface area (Å²) in [5.74, 6) is -0.472. The highest BCUT2D eigenvalue weighted by Crippen LogP contribution is 2.43. The number of hydrogen-bond donors (Lipinski definition) is 2. The van der Waals surface area contributed by atoms with Crippen LogP contribution in [0.4, 0.5) is 5.69 Å². The van der Waals surface area contributed by atoms with Gasteiger partial charge < -0.3 is 15.6 Å². The van der Waals surface area contributed by atoms with Crippen LogP contribution in [0.5, 0.6) is 5.75 Å². The molecule has 1 heterocycles. The lowest BCUT2D eigenvalue weighted by atomic mass is 10.0. The topological polar surface area (TPSA) is 89.6 Å². The van der Waals surface area contributed by atoms with Crippen molar-refractivity contribution in [1.29, 1.82) is 0 Å². The molecule has 1 saturated heterocycles. The van der Waals surface area contributed by atoms with E-state index >= 15 is 0 Å². The molecule has 0 aliphatic carbocycles. The van der Waals surface area contributed by atoms with Gasteiger partial charge in [0, 0.05) is 13.2 Å². The monoisotopic (exact) mass is 341 g/mol. The molecule has 0 bridgehead atoms. The Balaban J connectivity index is 0.00000200. The molecule has 1 aliphatic rings. The molecule has 2 rings (SSSR count). The first-order valence-electron chi connectivity index (χ1n) is 5.89. The highest BCUT2D eigenvalue weighted by atomic mass is 35.5. The van der Waals surface area contributed by atoms with Gasteiger partial charge >= 0.3 is 0 Å². The zero-order valence-electron chi connectivity index (χ0n) is 10.9. The molecule has 0 aromatic heterocycles. The highest BCUT2D eigenvalue weighted by Gasteiger charge is 2.44. The molecule has 8 heteroatoms. The molecule has 0 radical (unpaired) electrons. The maximum absolute atomic E-state index is 12.7. The Morgan fingerprint density at radius 3 is 2.45 bits per heavy atom. The second-order valence-corrected chi connectivity index (χ2v) is 7.69. The SMILES string of the molecule is CC1(S(=O)(=O)c2c(Cl)ccc(N)c2O)CCOCC1.Cl. The number of benzene rings is 1. The van der Waals surface area contributed by atoms with Crippen LogP contribution in [0.3, 0.4) is 0 Å². The first kappa shape index (κ1) is 17.4. The summed E-state index contributed by atoms with van der Waals surface area (Å²) >= 11 is 5.94. The molecule has 0 unspecified atom stereocenters. The predicted molar refractivity (Wildman–Crippen MR) is 80.4 cm³/mol. The maximum atomic E-state index is 12.7. The summed E-state index contributed by atoms with van der Waals surface area (Å²) in [6, 6.07) is 2.76. The minimum absolute atomic E-state index is 0. The minimum atomic E-state index is -3.79. The van der Waals surface area contributed by atoms with Crippen LogP contribution in [0.25, 0.3) is 0 Å². The average molecular weight is 342 g/mol. The van der Waals surface area contributed by atoms with E-state index < -0.39 is 20.3 Å². The fraction of sp³-hybridized carbons (Fsp3) is 0.500. The third kappa shape index (κ3) is 2.70. The summed E-state index contributed by atoms with van der Waals surface area (Å²) in [5.41, 5.74) is 5.56. The van der Waals surface area contributed by atoms with Crippen LogP contribution in [0, 0.1) is 0 Å². The Labute approximate surface area is 129 Å². The van der Waals surface area contributed by atoms with E-state index in [0.717, 1.165) is 0 Å². The standard InChI is InChI=1S/C12H16ClNO4S.ClH/c1-12(4-6-18-7-5-12)19(16,17)11-8(13)2-3-9(14)10(11)15;/h2-3,15H,4-7,14H2,1H3;1H. The first-order chi connectivity index (χ1) is 8.79. The van der Waals surface area contributed by atoms with Crippen molar-refractivity contribution in [3.63, 3.8) is 0 Å². The van der Waals surface area contributed by atoms with Gasteiger partial charge in [-0.3, -0.25) is 0 Å². The van der Waals surface area contributed by atoms with E-state index in [-0.39, 0.29) is 28.0 Å². The van der Waals surface area contributed by atoms with Crippen molar-refractivity contribution in [1.82, 2.24) is 0 Å². The molecule has 1 aromatic rings. The lowest BCUT2D eigenvalue weighted by Gasteiger charge is -2.33. The van der Waals surface area contributed by atoms with Gasteiger partial charge in [-0.1, -0.05) is 11.6 Å². The molecule has 1 fully saturated rings. The average Bonchev–Trinajstić information content (AvgIpc) is 2.35. The normalized spacial score (nSPS) is 18.3. The highest BCUT2D eigenvalue weighted by molar-refractivity contribution is 7.93. The number of halogens is 2. The van der Waals surface area contributed by atoms with Gasteiger partial charge in [-0.25, -0.2) is 8.42 Å². The van der Waals surface area contributed by atoms with Crippen LogP contribution >= 0.6 is 24.0 Å². The summed E-state index contributed by atoms with van der Waals surface area (Å²) in [6.45, 7) is 2.39. The number of phenols is 1. The molecule has 0 amide bonds. The lowest BCUT2D eigenvalue weighted by Crippen LogP contribution is -2.41. The molecule has 1 aliphatic heterocycles. The van der Waals surface area contributed by atoms with Crippen molar-refractivity contribution in [2.24, 2.45) is 0 Å². The van der Waals surface area contributed by atoms with E-state index in [0.29, 0.717) is 26.1 Å². The smallest absolute Gasteiger partial charge is 0.189 e. The minimum Gasteiger partial charge on any atom is -0.504 e. The number of anilines is 1. The zero-order chi connectivity index (χ0) is 14.3. The van der Waals surface area contributed by atoms with Crippen LogP contribution in [0.1, 0.15) is 19.8 Å². The Morgan fingerprint density at radius 2 is 1.90 bits per heavy atom. The van der Waals surface area contributed by atoms with Crippen LogP contribution in [-0.2, 0) is 14.6 Å². The molecule has 3 N–H and O–H groups in total. The predicted octanol–water partition coefficient (Wildman–Crippen LogP) is 2.39. The molecule has 5 nitrogen and oxygen atoms in total. The number of phenolic OH excluding ortho intramolecular Hbond substituents is 1. The molecule has 20 heavy (non-hydrogen) atoms. The van der Waals surface area contributed by atoms with Gasteiger partial charge in [0.1, 0.15) is 4.90 Å². The van der Waals surface area contributed by atoms with Gasteiger partial charge in [-0.15, -0.1) is 12.4 Å². The van der Waals surface area contributed by atoms with E-state index in [9.17, 15) is 13.5 Å². The molecule has 0 atom stereocenters. The third-order valence-corrected chi connectivity index (χ3v) is 6.67. The second-order valence-electron chi connectivity index (χ2n) is 4.88. The summed E-state index contributed by atoms with van der Waals surface area (Å²) in [6.07, 6.45) is 0.722. The van der Waals surface area contributed by atoms with E-state index in [1.54, 1.807) is 6.92 Å². The van der Waals surface area contributed by atoms with Crippen LogP contribution in [0.2, 0.25) is 5.02 Å². The van der Waals surface area contributed by atoms with E-state index in [1.165, 1.54) is 12.1 Å². The summed E-state index contributed by atoms with van der Waals surface area (Å²) in [7, 11) is -3.79. The van der Waals surface area contributed by atoms with Crippen molar-refractivity contribution in [2.45, 2.75) is 29.4 Å². The van der Waals surface area contributed by atoms with Crippen molar-refractivity contribution < 1.29 is 18.3 Å². The largest absolute Gasteiger partial charge is 0.504 e. The van der Waals surface area contributed by atoms with Crippen molar-refractivity contribution >= 4 is 39.5 Å².